The first-order valence-electron chi connectivity index (χ1n) is 5.59. The van der Waals surface area contributed by atoms with E-state index in [0.29, 0.717) is 12.5 Å². The summed E-state index contributed by atoms with van der Waals surface area (Å²) in [7, 11) is -2.23. The van der Waals surface area contributed by atoms with Gasteiger partial charge in [-0.1, -0.05) is 33.1 Å². The molecule has 0 heterocycles. The third-order valence-corrected chi connectivity index (χ3v) is 2.74. The third kappa shape index (κ3) is 10.6. The molecule has 5 heteroatoms. The molecule has 0 amide bonds. The molecule has 0 aromatic heterocycles. The molecule has 0 spiro atoms. The zero-order valence-electron chi connectivity index (χ0n) is 9.69. The first kappa shape index (κ1) is 15.3. The van der Waals surface area contributed by atoms with Crippen LogP contribution in [0.2, 0.25) is 0 Å². The highest BCUT2D eigenvalue weighted by molar-refractivity contribution is 7.39. The van der Waals surface area contributed by atoms with Crippen molar-refractivity contribution in [2.45, 2.75) is 39.5 Å². The minimum Gasteiger partial charge on any atom is -0.379 e. The van der Waals surface area contributed by atoms with Gasteiger partial charge in [-0.15, -0.1) is 0 Å². The molecule has 15 heavy (non-hydrogen) atoms. The number of ether oxygens (including phenoxy) is 1. The van der Waals surface area contributed by atoms with E-state index >= 15 is 0 Å². The largest absolute Gasteiger partial charge is 0.379 e. The lowest BCUT2D eigenvalue weighted by molar-refractivity contribution is 0.0666. The highest BCUT2D eigenvalue weighted by Crippen LogP contribution is 2.23. The van der Waals surface area contributed by atoms with Gasteiger partial charge in [0, 0.05) is 6.61 Å². The van der Waals surface area contributed by atoms with E-state index in [0.717, 1.165) is 13.0 Å². The highest BCUT2D eigenvalue weighted by atomic mass is 31.2. The van der Waals surface area contributed by atoms with Gasteiger partial charge < -0.3 is 19.0 Å². The minimum absolute atomic E-state index is 0.253. The fourth-order valence-corrected chi connectivity index (χ4v) is 1.56. The van der Waals surface area contributed by atoms with Crippen molar-refractivity contribution in [3.8, 4) is 0 Å². The summed E-state index contributed by atoms with van der Waals surface area (Å²) in [6.45, 7) is 5.78. The number of hydrogen-bond acceptors (Lipinski definition) is 4. The Labute approximate surface area is 93.6 Å². The molecule has 0 rings (SSSR count). The van der Waals surface area contributed by atoms with Gasteiger partial charge in [-0.05, 0) is 12.3 Å². The molecule has 1 unspecified atom stereocenters. The summed E-state index contributed by atoms with van der Waals surface area (Å²) >= 11 is 0. The monoisotopic (exact) mass is 238 g/mol. The SMILES string of the molecule is CCCCC(CC)COCCOP(O)O. The molecule has 0 aliphatic heterocycles. The second-order valence-electron chi connectivity index (χ2n) is 3.58. The molecule has 0 bridgehead atoms. The lowest BCUT2D eigenvalue weighted by Gasteiger charge is -2.14. The molecule has 0 saturated carbocycles. The zero-order valence-corrected chi connectivity index (χ0v) is 10.6. The van der Waals surface area contributed by atoms with Crippen molar-refractivity contribution in [3.05, 3.63) is 0 Å². The van der Waals surface area contributed by atoms with Crippen LogP contribution < -0.4 is 0 Å². The van der Waals surface area contributed by atoms with E-state index in [1.807, 2.05) is 0 Å². The number of unbranched alkanes of at least 4 members (excludes halogenated alkanes) is 1. The van der Waals surface area contributed by atoms with Crippen molar-refractivity contribution in [1.82, 2.24) is 0 Å². The fourth-order valence-electron chi connectivity index (χ4n) is 1.33. The van der Waals surface area contributed by atoms with Gasteiger partial charge in [0.25, 0.3) is 0 Å². The van der Waals surface area contributed by atoms with Gasteiger partial charge in [-0.25, -0.2) is 0 Å². The predicted molar refractivity (Wildman–Crippen MR) is 61.4 cm³/mol. The molecule has 4 nitrogen and oxygen atoms in total. The summed E-state index contributed by atoms with van der Waals surface area (Å²) in [5.74, 6) is 0.620. The van der Waals surface area contributed by atoms with Crippen LogP contribution in [0.1, 0.15) is 39.5 Å². The summed E-state index contributed by atoms with van der Waals surface area (Å²) in [4.78, 5) is 16.9. The predicted octanol–water partition coefficient (Wildman–Crippen LogP) is 2.45. The fraction of sp³-hybridized carbons (Fsp3) is 1.00. The molecule has 92 valence electrons. The van der Waals surface area contributed by atoms with Crippen LogP contribution >= 0.6 is 8.60 Å². The minimum atomic E-state index is -2.23. The molecule has 0 radical (unpaired) electrons. The van der Waals surface area contributed by atoms with Crippen molar-refractivity contribution in [2.75, 3.05) is 19.8 Å². The van der Waals surface area contributed by atoms with E-state index in [9.17, 15) is 0 Å². The molecular weight excluding hydrogens is 215 g/mol. The summed E-state index contributed by atoms with van der Waals surface area (Å²) in [5, 5.41) is 0. The van der Waals surface area contributed by atoms with E-state index in [1.54, 1.807) is 0 Å². The van der Waals surface area contributed by atoms with Crippen LogP contribution in [0.3, 0.4) is 0 Å². The molecule has 0 aliphatic rings. The standard InChI is InChI=1S/C10H23O4P/c1-3-5-6-10(4-2)9-13-7-8-14-15(11)12/h10-12H,3-9H2,1-2H3. The van der Waals surface area contributed by atoms with Crippen LogP contribution in [-0.2, 0) is 9.26 Å². The Bertz CT molecular complexity index is 133. The lowest BCUT2D eigenvalue weighted by atomic mass is 10.0. The Morgan fingerprint density at radius 3 is 2.47 bits per heavy atom. The Morgan fingerprint density at radius 1 is 1.20 bits per heavy atom. The Hall–Kier alpha value is 0.270. The average Bonchev–Trinajstić information content (AvgIpc) is 2.21. The van der Waals surface area contributed by atoms with Crippen LogP contribution in [0.4, 0.5) is 0 Å². The van der Waals surface area contributed by atoms with Gasteiger partial charge in [-0.3, -0.25) is 0 Å². The van der Waals surface area contributed by atoms with Crippen LogP contribution in [0, 0.1) is 5.92 Å². The van der Waals surface area contributed by atoms with E-state index < -0.39 is 8.60 Å². The summed E-state index contributed by atoms with van der Waals surface area (Å²) < 4.78 is 9.99. The molecule has 0 aliphatic carbocycles. The van der Waals surface area contributed by atoms with E-state index in [4.69, 9.17) is 14.5 Å². The van der Waals surface area contributed by atoms with Crippen molar-refractivity contribution < 1.29 is 19.0 Å². The summed E-state index contributed by atoms with van der Waals surface area (Å²) in [5.41, 5.74) is 0. The molecule has 0 saturated heterocycles. The Morgan fingerprint density at radius 2 is 1.93 bits per heavy atom. The molecule has 0 aromatic rings. The van der Waals surface area contributed by atoms with Crippen molar-refractivity contribution in [1.29, 1.82) is 0 Å². The maximum absolute atomic E-state index is 8.47. The molecule has 1 atom stereocenters. The zero-order chi connectivity index (χ0) is 11.5. The Balaban J connectivity index is 3.30. The maximum Gasteiger partial charge on any atom is 0.327 e. The van der Waals surface area contributed by atoms with Gasteiger partial charge in [0.2, 0.25) is 0 Å². The normalized spacial score (nSPS) is 13.4. The van der Waals surface area contributed by atoms with Gasteiger partial charge in [0.05, 0.1) is 13.2 Å². The molecule has 2 N–H and O–H groups in total. The van der Waals surface area contributed by atoms with Crippen LogP contribution in [-0.4, -0.2) is 29.6 Å². The van der Waals surface area contributed by atoms with Gasteiger partial charge in [0.1, 0.15) is 0 Å². The van der Waals surface area contributed by atoms with Crippen LogP contribution in [0.25, 0.3) is 0 Å². The first-order chi connectivity index (χ1) is 7.20. The third-order valence-electron chi connectivity index (χ3n) is 2.33. The van der Waals surface area contributed by atoms with Crippen molar-refractivity contribution in [3.63, 3.8) is 0 Å². The van der Waals surface area contributed by atoms with E-state index in [-0.39, 0.29) is 6.61 Å². The van der Waals surface area contributed by atoms with Crippen molar-refractivity contribution in [2.24, 2.45) is 5.92 Å². The second kappa shape index (κ2) is 10.8. The first-order valence-corrected chi connectivity index (χ1v) is 6.75. The van der Waals surface area contributed by atoms with Crippen LogP contribution in [0.5, 0.6) is 0 Å². The lowest BCUT2D eigenvalue weighted by Crippen LogP contribution is -2.11. The molecular formula is C10H23O4P. The summed E-state index contributed by atoms with van der Waals surface area (Å²) in [6, 6.07) is 0. The van der Waals surface area contributed by atoms with E-state index in [2.05, 4.69) is 18.4 Å². The quantitative estimate of drug-likeness (QED) is 0.453. The van der Waals surface area contributed by atoms with Crippen LogP contribution in [0.15, 0.2) is 0 Å². The Kier molecular flexibility index (Phi) is 11.0. The average molecular weight is 238 g/mol. The van der Waals surface area contributed by atoms with Gasteiger partial charge >= 0.3 is 8.60 Å². The molecule has 0 fully saturated rings. The van der Waals surface area contributed by atoms with E-state index in [1.165, 1.54) is 19.3 Å². The van der Waals surface area contributed by atoms with Gasteiger partial charge in [0.15, 0.2) is 0 Å². The molecule has 0 aromatic carbocycles. The topological polar surface area (TPSA) is 58.9 Å². The second-order valence-corrected chi connectivity index (χ2v) is 4.34. The number of rotatable bonds is 10. The maximum atomic E-state index is 8.47. The number of hydrogen-bond donors (Lipinski definition) is 2. The highest BCUT2D eigenvalue weighted by Gasteiger charge is 2.06. The summed E-state index contributed by atoms with van der Waals surface area (Å²) in [6.07, 6.45) is 4.81. The van der Waals surface area contributed by atoms with Crippen molar-refractivity contribution >= 4 is 8.60 Å². The smallest absolute Gasteiger partial charge is 0.327 e. The van der Waals surface area contributed by atoms with Gasteiger partial charge in [-0.2, -0.15) is 0 Å².